The Labute approximate surface area is 69.1 Å². The van der Waals surface area contributed by atoms with Gasteiger partial charge in [0.1, 0.15) is 5.52 Å². The minimum absolute atomic E-state index is 0. The second-order valence-corrected chi connectivity index (χ2v) is 1.83. The van der Waals surface area contributed by atoms with Gasteiger partial charge in [0, 0.05) is 0 Å². The maximum Gasteiger partial charge on any atom is 0.112 e. The Morgan fingerprint density at radius 1 is 1.20 bits per heavy atom. The first-order valence-electron chi connectivity index (χ1n) is 2.72. The van der Waals surface area contributed by atoms with Gasteiger partial charge in [0.25, 0.3) is 0 Å². The predicted molar refractivity (Wildman–Crippen MR) is 43.8 cm³/mol. The van der Waals surface area contributed by atoms with Crippen molar-refractivity contribution in [2.75, 3.05) is 0 Å². The summed E-state index contributed by atoms with van der Waals surface area (Å²) in [7, 11) is 0. The van der Waals surface area contributed by atoms with Crippen LogP contribution in [-0.2, 0) is 0 Å². The number of aromatic nitrogens is 3. The first kappa shape index (κ1) is 7.29. The topological polar surface area (TPSA) is 41.6 Å². The summed E-state index contributed by atoms with van der Waals surface area (Å²) in [6.45, 7) is 0. The number of hydrogen-bond acceptors (Lipinski definition) is 2. The van der Waals surface area contributed by atoms with Crippen LogP contribution in [0.5, 0.6) is 0 Å². The van der Waals surface area contributed by atoms with Gasteiger partial charge in [-0.3, -0.25) is 5.10 Å². The fourth-order valence-corrected chi connectivity index (χ4v) is 0.788. The molecule has 0 aliphatic heterocycles. The van der Waals surface area contributed by atoms with E-state index in [1.54, 1.807) is 0 Å². The molecule has 1 N–H and O–H groups in total. The molecule has 1 aromatic carbocycles. The molecule has 0 spiro atoms. The maximum atomic E-state index is 3.81. The molecule has 1 heterocycles. The number of fused-ring (bicyclic) bond motifs is 1. The Bertz CT molecular complexity index is 287. The second kappa shape index (κ2) is 2.84. The second-order valence-electron chi connectivity index (χ2n) is 1.83. The minimum Gasteiger partial charge on any atom is -0.258 e. The Balaban J connectivity index is 0.000000500. The third-order valence-electron chi connectivity index (χ3n) is 1.23. The molecule has 0 bridgehead atoms. The summed E-state index contributed by atoms with van der Waals surface area (Å²) in [6.07, 6.45) is 0. The van der Waals surface area contributed by atoms with Crippen molar-refractivity contribution in [1.82, 2.24) is 15.4 Å². The van der Waals surface area contributed by atoms with Gasteiger partial charge in [0.2, 0.25) is 0 Å². The smallest absolute Gasteiger partial charge is 0.112 e. The number of rotatable bonds is 0. The molecule has 0 saturated heterocycles. The molecule has 3 nitrogen and oxygen atoms in total. The van der Waals surface area contributed by atoms with Crippen LogP contribution in [0.15, 0.2) is 24.3 Å². The van der Waals surface area contributed by atoms with Crippen molar-refractivity contribution in [3.05, 3.63) is 24.3 Å². The Kier molecular flexibility index (Phi) is 2.07. The van der Waals surface area contributed by atoms with E-state index < -0.39 is 0 Å². The fourth-order valence-electron chi connectivity index (χ4n) is 0.788. The number of H-pyrrole nitrogens is 1. The van der Waals surface area contributed by atoms with Crippen LogP contribution in [0, 0.1) is 0 Å². The van der Waals surface area contributed by atoms with E-state index in [0.717, 1.165) is 11.0 Å². The molecule has 0 aliphatic carbocycles. The summed E-state index contributed by atoms with van der Waals surface area (Å²) in [4.78, 5) is 0. The number of nitrogens with one attached hydrogen (secondary N) is 1. The maximum absolute atomic E-state index is 3.81. The number of nitrogens with zero attached hydrogens (tertiary/aromatic N) is 2. The molecule has 2 rings (SSSR count). The molecule has 0 saturated carbocycles. The number of benzene rings is 1. The zero-order valence-corrected chi connectivity index (χ0v) is 8.38. The van der Waals surface area contributed by atoms with Crippen molar-refractivity contribution in [3.63, 3.8) is 0 Å². The molecule has 52 valence electrons. The Morgan fingerprint density at radius 2 is 2.00 bits per heavy atom. The minimum atomic E-state index is 0. The van der Waals surface area contributed by atoms with E-state index in [0.29, 0.717) is 0 Å². The van der Waals surface area contributed by atoms with Gasteiger partial charge >= 0.3 is 18.0 Å². The Morgan fingerprint density at radius 3 is 2.80 bits per heavy atom. The van der Waals surface area contributed by atoms with E-state index in [1.807, 2.05) is 24.3 Å². The molecule has 4 heteroatoms. The van der Waals surface area contributed by atoms with E-state index in [-0.39, 0.29) is 18.0 Å². The van der Waals surface area contributed by atoms with Gasteiger partial charge in [-0.25, -0.2) is 0 Å². The van der Waals surface area contributed by atoms with Gasteiger partial charge in [-0.2, -0.15) is 0 Å². The van der Waals surface area contributed by atoms with E-state index in [2.05, 4.69) is 15.4 Å². The van der Waals surface area contributed by atoms with Crippen LogP contribution in [0.2, 0.25) is 0 Å². The molecule has 0 amide bonds. The monoisotopic (exact) mass is 197 g/mol. The summed E-state index contributed by atoms with van der Waals surface area (Å²) in [5.74, 6) is 0. The largest absolute Gasteiger partial charge is 0.258 e. The SMILES string of the molecule is [AsH3].c1ccc2[nH]nnc2c1. The molecule has 10 heavy (non-hydrogen) atoms. The van der Waals surface area contributed by atoms with Crippen molar-refractivity contribution in [3.8, 4) is 0 Å². The van der Waals surface area contributed by atoms with Crippen LogP contribution in [0.1, 0.15) is 0 Å². The average Bonchev–Trinajstić information content (AvgIpc) is 2.33. The van der Waals surface area contributed by atoms with Crippen molar-refractivity contribution in [2.45, 2.75) is 0 Å². The molecular weight excluding hydrogens is 189 g/mol. The van der Waals surface area contributed by atoms with Crippen molar-refractivity contribution in [2.24, 2.45) is 0 Å². The van der Waals surface area contributed by atoms with Crippen LogP contribution >= 0.6 is 0 Å². The first-order valence-corrected chi connectivity index (χ1v) is 2.72. The Hall–Kier alpha value is -0.822. The molecule has 2 aromatic rings. The van der Waals surface area contributed by atoms with Gasteiger partial charge in [0.05, 0.1) is 5.52 Å². The van der Waals surface area contributed by atoms with E-state index in [9.17, 15) is 0 Å². The van der Waals surface area contributed by atoms with Crippen LogP contribution in [0.25, 0.3) is 11.0 Å². The summed E-state index contributed by atoms with van der Waals surface area (Å²) >= 11 is 0. The normalized spacial score (nSPS) is 9.20. The van der Waals surface area contributed by atoms with Crippen molar-refractivity contribution < 1.29 is 0 Å². The van der Waals surface area contributed by atoms with Crippen molar-refractivity contribution >= 4 is 29.0 Å². The van der Waals surface area contributed by atoms with Gasteiger partial charge in [0.15, 0.2) is 0 Å². The quantitative estimate of drug-likeness (QED) is 0.593. The fraction of sp³-hybridized carbons (Fsp3) is 0. The van der Waals surface area contributed by atoms with Crippen LogP contribution in [0.4, 0.5) is 0 Å². The number of aromatic amines is 1. The summed E-state index contributed by atoms with van der Waals surface area (Å²) in [5.41, 5.74) is 1.90. The van der Waals surface area contributed by atoms with Crippen molar-refractivity contribution in [1.29, 1.82) is 0 Å². The molecular formula is C6H8AsN3. The van der Waals surface area contributed by atoms with Crippen LogP contribution in [0.3, 0.4) is 0 Å². The third kappa shape index (κ3) is 1.05. The third-order valence-corrected chi connectivity index (χ3v) is 1.23. The van der Waals surface area contributed by atoms with E-state index in [1.165, 1.54) is 0 Å². The molecule has 1 atom stereocenters. The zero-order valence-electron chi connectivity index (χ0n) is 5.41. The molecule has 0 fully saturated rings. The van der Waals surface area contributed by atoms with E-state index >= 15 is 0 Å². The number of para-hydroxylation sites is 1. The van der Waals surface area contributed by atoms with Gasteiger partial charge in [-0.1, -0.05) is 17.3 Å². The number of hydrogen-bond donors (Lipinski definition) is 1. The van der Waals surface area contributed by atoms with E-state index in [4.69, 9.17) is 0 Å². The zero-order chi connectivity index (χ0) is 6.10. The predicted octanol–water partition coefficient (Wildman–Crippen LogP) is -0.226. The van der Waals surface area contributed by atoms with Crippen LogP contribution in [-0.4, -0.2) is 33.4 Å². The average molecular weight is 197 g/mol. The van der Waals surface area contributed by atoms with Gasteiger partial charge in [-0.15, -0.1) is 5.10 Å². The summed E-state index contributed by atoms with van der Waals surface area (Å²) in [6, 6.07) is 7.74. The first-order chi connectivity index (χ1) is 4.47. The standard InChI is InChI=1S/C6H5N3.AsH3/c1-2-4-6-5(3-1)7-9-8-6;/h1-4H,(H,7,8,9);1H3. The van der Waals surface area contributed by atoms with Crippen LogP contribution < -0.4 is 0 Å². The summed E-state index contributed by atoms with van der Waals surface area (Å²) < 4.78 is 0. The molecule has 1 unspecified atom stereocenters. The molecule has 0 aliphatic rings. The van der Waals surface area contributed by atoms with Gasteiger partial charge in [-0.05, 0) is 12.1 Å². The van der Waals surface area contributed by atoms with Gasteiger partial charge < -0.3 is 0 Å². The summed E-state index contributed by atoms with van der Waals surface area (Å²) in [5, 5.41) is 10.2. The molecule has 0 radical (unpaired) electrons. The molecule has 1 aromatic heterocycles.